The lowest BCUT2D eigenvalue weighted by Crippen LogP contribution is -2.36. The maximum Gasteiger partial charge on any atom is 0.162 e. The average Bonchev–Trinajstić information content (AvgIpc) is 2.47. The first-order valence-corrected chi connectivity index (χ1v) is 8.84. The van der Waals surface area contributed by atoms with E-state index in [1.807, 2.05) is 24.3 Å². The van der Waals surface area contributed by atoms with Crippen molar-refractivity contribution in [2.24, 2.45) is 5.92 Å². The van der Waals surface area contributed by atoms with E-state index in [4.69, 9.17) is 0 Å². The highest BCUT2D eigenvalue weighted by Gasteiger charge is 2.22. The fourth-order valence-electron chi connectivity index (χ4n) is 3.25. The summed E-state index contributed by atoms with van der Waals surface area (Å²) >= 11 is 3.40. The van der Waals surface area contributed by atoms with Gasteiger partial charge in [0.2, 0.25) is 0 Å². The van der Waals surface area contributed by atoms with Gasteiger partial charge in [0.25, 0.3) is 0 Å². The van der Waals surface area contributed by atoms with Crippen LogP contribution in [0, 0.1) is 5.92 Å². The highest BCUT2D eigenvalue weighted by atomic mass is 79.9. The van der Waals surface area contributed by atoms with Crippen molar-refractivity contribution in [3.63, 3.8) is 0 Å². The number of carbonyl (C=O) groups is 1. The van der Waals surface area contributed by atoms with Crippen LogP contribution in [0.4, 0.5) is 0 Å². The Kier molecular flexibility index (Phi) is 6.43. The van der Waals surface area contributed by atoms with Gasteiger partial charge in [0.05, 0.1) is 0 Å². The van der Waals surface area contributed by atoms with E-state index in [1.165, 1.54) is 25.7 Å². The molecule has 0 radical (unpaired) electrons. The highest BCUT2D eigenvalue weighted by Crippen LogP contribution is 2.26. The molecule has 0 aliphatic heterocycles. The van der Waals surface area contributed by atoms with Crippen molar-refractivity contribution in [2.45, 2.75) is 51.5 Å². The van der Waals surface area contributed by atoms with Gasteiger partial charge in [-0.2, -0.15) is 0 Å². The second-order valence-electron chi connectivity index (χ2n) is 6.44. The second kappa shape index (κ2) is 8.09. The molecule has 2 nitrogen and oxygen atoms in total. The van der Waals surface area contributed by atoms with E-state index in [0.29, 0.717) is 6.42 Å². The molecule has 21 heavy (non-hydrogen) atoms. The Morgan fingerprint density at radius 1 is 1.29 bits per heavy atom. The van der Waals surface area contributed by atoms with Gasteiger partial charge < -0.3 is 4.90 Å². The van der Waals surface area contributed by atoms with E-state index < -0.39 is 0 Å². The largest absolute Gasteiger partial charge is 0.303 e. The van der Waals surface area contributed by atoms with Crippen LogP contribution >= 0.6 is 15.9 Å². The van der Waals surface area contributed by atoms with Crippen LogP contribution in [-0.2, 0) is 0 Å². The first-order chi connectivity index (χ1) is 10.1. The van der Waals surface area contributed by atoms with Gasteiger partial charge in [-0.05, 0) is 50.9 Å². The van der Waals surface area contributed by atoms with Crippen LogP contribution in [0.2, 0.25) is 0 Å². The van der Waals surface area contributed by atoms with E-state index in [2.05, 4.69) is 34.8 Å². The van der Waals surface area contributed by atoms with E-state index in [9.17, 15) is 4.79 Å². The summed E-state index contributed by atoms with van der Waals surface area (Å²) in [6.45, 7) is 3.39. The number of hydrogen-bond donors (Lipinski definition) is 0. The maximum absolute atomic E-state index is 12.1. The van der Waals surface area contributed by atoms with Crippen molar-refractivity contribution < 1.29 is 4.79 Å². The molecule has 1 aliphatic rings. The third-order valence-corrected chi connectivity index (χ3v) is 5.14. The number of nitrogens with zero attached hydrogens (tertiary/aromatic N) is 1. The van der Waals surface area contributed by atoms with Crippen molar-refractivity contribution in [3.05, 3.63) is 34.3 Å². The molecule has 0 aromatic heterocycles. The van der Waals surface area contributed by atoms with Crippen LogP contribution in [-0.4, -0.2) is 30.3 Å². The molecule has 0 saturated heterocycles. The minimum atomic E-state index is 0.257. The van der Waals surface area contributed by atoms with Gasteiger partial charge in [0.1, 0.15) is 0 Å². The van der Waals surface area contributed by atoms with Gasteiger partial charge in [0.15, 0.2) is 5.78 Å². The molecule has 0 amide bonds. The molecule has 2 rings (SSSR count). The predicted octanol–water partition coefficient (Wildman–Crippen LogP) is 4.92. The number of Topliss-reactive ketones (excluding diaryl/α,β-unsaturated/α-hetero) is 1. The van der Waals surface area contributed by atoms with Gasteiger partial charge in [-0.25, -0.2) is 0 Å². The fraction of sp³-hybridized carbons (Fsp3) is 0.611. The maximum atomic E-state index is 12.1. The Morgan fingerprint density at radius 3 is 2.67 bits per heavy atom. The lowest BCUT2D eigenvalue weighted by atomic mass is 9.86. The zero-order valence-electron chi connectivity index (χ0n) is 13.1. The van der Waals surface area contributed by atoms with Crippen molar-refractivity contribution in [1.29, 1.82) is 0 Å². The number of rotatable bonds is 6. The second-order valence-corrected chi connectivity index (χ2v) is 7.36. The van der Waals surface area contributed by atoms with Crippen molar-refractivity contribution >= 4 is 21.7 Å². The minimum absolute atomic E-state index is 0.257. The normalized spacial score (nSPS) is 22.5. The molecule has 1 fully saturated rings. The lowest BCUT2D eigenvalue weighted by Gasteiger charge is -2.34. The molecule has 3 heteroatoms. The Morgan fingerprint density at radius 2 is 2.00 bits per heavy atom. The molecule has 0 N–H and O–H groups in total. The zero-order chi connectivity index (χ0) is 15.2. The Hall–Kier alpha value is -0.670. The molecule has 1 saturated carbocycles. The molecule has 0 heterocycles. The summed E-state index contributed by atoms with van der Waals surface area (Å²) < 4.78 is 1.02. The predicted molar refractivity (Wildman–Crippen MR) is 91.8 cm³/mol. The summed E-state index contributed by atoms with van der Waals surface area (Å²) in [7, 11) is 2.22. The van der Waals surface area contributed by atoms with E-state index in [1.54, 1.807) is 0 Å². The Labute approximate surface area is 137 Å². The molecule has 1 aromatic carbocycles. The fourth-order valence-corrected chi connectivity index (χ4v) is 3.52. The summed E-state index contributed by atoms with van der Waals surface area (Å²) in [4.78, 5) is 14.6. The summed E-state index contributed by atoms with van der Waals surface area (Å²) in [5, 5.41) is 0. The van der Waals surface area contributed by atoms with Crippen LogP contribution < -0.4 is 0 Å². The van der Waals surface area contributed by atoms with Gasteiger partial charge in [-0.15, -0.1) is 0 Å². The first kappa shape index (κ1) is 16.7. The number of benzene rings is 1. The van der Waals surface area contributed by atoms with Crippen LogP contribution in [0.15, 0.2) is 28.7 Å². The summed E-state index contributed by atoms with van der Waals surface area (Å²) in [5.41, 5.74) is 0.826. The first-order valence-electron chi connectivity index (χ1n) is 8.05. The zero-order valence-corrected chi connectivity index (χ0v) is 14.7. The van der Waals surface area contributed by atoms with E-state index in [0.717, 1.165) is 35.0 Å². The summed E-state index contributed by atoms with van der Waals surface area (Å²) in [6.07, 6.45) is 6.98. The molecule has 2 atom stereocenters. The molecule has 1 aromatic rings. The molecule has 0 bridgehead atoms. The standard InChI is InChI=1S/C18H26BrNO/c1-14-5-3-6-17(13-14)20(2)12-4-7-18(21)15-8-10-16(19)11-9-15/h8-11,14,17H,3-7,12-13H2,1-2H3. The van der Waals surface area contributed by atoms with Crippen LogP contribution in [0.25, 0.3) is 0 Å². The third-order valence-electron chi connectivity index (χ3n) is 4.61. The van der Waals surface area contributed by atoms with Crippen LogP contribution in [0.3, 0.4) is 0 Å². The van der Waals surface area contributed by atoms with Crippen molar-refractivity contribution in [3.8, 4) is 0 Å². The molecule has 0 spiro atoms. The van der Waals surface area contributed by atoms with Crippen LogP contribution in [0.1, 0.15) is 55.8 Å². The number of halogens is 1. The Balaban J connectivity index is 1.73. The topological polar surface area (TPSA) is 20.3 Å². The van der Waals surface area contributed by atoms with E-state index in [-0.39, 0.29) is 5.78 Å². The Bertz CT molecular complexity index is 457. The summed E-state index contributed by atoms with van der Waals surface area (Å²) in [6, 6.07) is 8.39. The molecular formula is C18H26BrNO. The monoisotopic (exact) mass is 351 g/mol. The smallest absolute Gasteiger partial charge is 0.162 e. The van der Waals surface area contributed by atoms with Gasteiger partial charge in [0, 0.05) is 22.5 Å². The quantitative estimate of drug-likeness (QED) is 0.677. The summed E-state index contributed by atoms with van der Waals surface area (Å²) in [5.74, 6) is 1.11. The molecule has 2 unspecified atom stereocenters. The van der Waals surface area contributed by atoms with E-state index >= 15 is 0 Å². The minimum Gasteiger partial charge on any atom is -0.303 e. The SMILES string of the molecule is CC1CCCC(N(C)CCCC(=O)c2ccc(Br)cc2)C1. The number of carbonyl (C=O) groups excluding carboxylic acids is 1. The number of hydrogen-bond acceptors (Lipinski definition) is 2. The van der Waals surface area contributed by atoms with Crippen LogP contribution in [0.5, 0.6) is 0 Å². The lowest BCUT2D eigenvalue weighted by molar-refractivity contribution is 0.0968. The van der Waals surface area contributed by atoms with Crippen molar-refractivity contribution in [1.82, 2.24) is 4.90 Å². The average molecular weight is 352 g/mol. The third kappa shape index (κ3) is 5.23. The molecule has 116 valence electrons. The molecule has 1 aliphatic carbocycles. The molecular weight excluding hydrogens is 326 g/mol. The van der Waals surface area contributed by atoms with Gasteiger partial charge >= 0.3 is 0 Å². The number of ketones is 1. The van der Waals surface area contributed by atoms with Crippen molar-refractivity contribution in [2.75, 3.05) is 13.6 Å². The highest BCUT2D eigenvalue weighted by molar-refractivity contribution is 9.10. The van der Waals surface area contributed by atoms with Gasteiger partial charge in [-0.3, -0.25) is 4.79 Å². The van der Waals surface area contributed by atoms with Gasteiger partial charge in [-0.1, -0.05) is 47.8 Å².